The van der Waals surface area contributed by atoms with Gasteiger partial charge < -0.3 is 5.11 Å². The molecule has 1 N–H and O–H groups in total. The van der Waals surface area contributed by atoms with Gasteiger partial charge in [-0.15, -0.1) is 0 Å². The fourth-order valence-electron chi connectivity index (χ4n) is 2.12. The topological polar surface area (TPSA) is 80.9 Å². The van der Waals surface area contributed by atoms with E-state index in [0.717, 1.165) is 6.20 Å². The molecule has 0 saturated heterocycles. The van der Waals surface area contributed by atoms with Crippen LogP contribution in [-0.4, -0.2) is 31.1 Å². The number of alkyl halides is 3. The van der Waals surface area contributed by atoms with Crippen molar-refractivity contribution in [3.8, 4) is 5.69 Å². The number of rotatable bonds is 2. The number of carboxylic acids is 1. The molecule has 1 aromatic carbocycles. The minimum Gasteiger partial charge on any atom is -0.478 e. The molecule has 0 fully saturated rings. The summed E-state index contributed by atoms with van der Waals surface area (Å²) in [5.74, 6) is -1.70. The van der Waals surface area contributed by atoms with E-state index in [9.17, 15) is 18.0 Å². The van der Waals surface area contributed by atoms with Gasteiger partial charge in [0.2, 0.25) is 0 Å². The van der Waals surface area contributed by atoms with Crippen LogP contribution >= 0.6 is 0 Å². The predicted octanol–water partition coefficient (Wildman–Crippen LogP) is 2.53. The molecule has 0 atom stereocenters. The number of benzene rings is 1. The molecule has 0 saturated carbocycles. The third-order valence-corrected chi connectivity index (χ3v) is 3.02. The molecule has 0 aliphatic heterocycles. The number of hydrogen-bond acceptors (Lipinski definition) is 4. The molecule has 6 nitrogen and oxygen atoms in total. The summed E-state index contributed by atoms with van der Waals surface area (Å²) in [6, 6.07) is 6.43. The molecule has 2 heterocycles. The first-order valence-corrected chi connectivity index (χ1v) is 5.99. The Hall–Kier alpha value is -2.97. The van der Waals surface area contributed by atoms with Gasteiger partial charge in [-0.2, -0.15) is 28.5 Å². The lowest BCUT2D eigenvalue weighted by molar-refractivity contribution is -0.143. The molecular weight excluding hydrogens is 301 g/mol. The van der Waals surface area contributed by atoms with Crippen LogP contribution in [0.25, 0.3) is 16.6 Å². The predicted molar refractivity (Wildman–Crippen MR) is 68.6 cm³/mol. The molecule has 0 bridgehead atoms. The third kappa shape index (κ3) is 2.16. The molecular formula is C13H7F3N4O2. The number of nitrogens with zero attached hydrogens (tertiary/aromatic N) is 4. The van der Waals surface area contributed by atoms with Crippen LogP contribution in [0.4, 0.5) is 13.2 Å². The second kappa shape index (κ2) is 4.79. The van der Waals surface area contributed by atoms with Crippen molar-refractivity contribution in [2.75, 3.05) is 0 Å². The van der Waals surface area contributed by atoms with Crippen molar-refractivity contribution in [3.63, 3.8) is 0 Å². The summed E-state index contributed by atoms with van der Waals surface area (Å²) in [5.41, 5.74) is -1.91. The average Bonchev–Trinajstić information content (AvgIpc) is 2.91. The third-order valence-electron chi connectivity index (χ3n) is 3.02. The Bertz CT molecular complexity index is 868. The van der Waals surface area contributed by atoms with Gasteiger partial charge in [-0.25, -0.2) is 9.48 Å². The Balaban J connectivity index is 2.35. The van der Waals surface area contributed by atoms with Crippen molar-refractivity contribution >= 4 is 16.9 Å². The quantitative estimate of drug-likeness (QED) is 0.787. The van der Waals surface area contributed by atoms with E-state index < -0.39 is 23.4 Å². The maximum absolute atomic E-state index is 13.2. The number of aromatic carboxylic acids is 1. The van der Waals surface area contributed by atoms with Crippen LogP contribution in [-0.2, 0) is 6.18 Å². The standard InChI is InChI=1S/C13H7F3N4O2/c14-13(15,16)11-8(12(21)22)5-18-20(11)10-6-17-19-9-4-2-1-3-7(9)10/h1-6H,(H,21,22). The lowest BCUT2D eigenvalue weighted by Gasteiger charge is -2.12. The number of carboxylic acid groups (broad SMARTS) is 1. The van der Waals surface area contributed by atoms with Gasteiger partial charge in [0.25, 0.3) is 0 Å². The van der Waals surface area contributed by atoms with Gasteiger partial charge in [0.05, 0.1) is 23.6 Å². The highest BCUT2D eigenvalue weighted by Gasteiger charge is 2.41. The number of aromatic nitrogens is 4. The van der Waals surface area contributed by atoms with E-state index in [-0.39, 0.29) is 5.69 Å². The first kappa shape index (κ1) is 14.0. The Morgan fingerprint density at radius 3 is 2.59 bits per heavy atom. The molecule has 0 unspecified atom stereocenters. The molecule has 0 spiro atoms. The van der Waals surface area contributed by atoms with Gasteiger partial charge in [-0.3, -0.25) is 0 Å². The molecule has 0 amide bonds. The highest BCUT2D eigenvalue weighted by atomic mass is 19.4. The van der Waals surface area contributed by atoms with E-state index in [1.165, 1.54) is 0 Å². The molecule has 3 rings (SSSR count). The summed E-state index contributed by atoms with van der Waals surface area (Å²) in [4.78, 5) is 11.0. The SMILES string of the molecule is O=C(O)c1cnn(-c2cnnc3ccccc23)c1C(F)(F)F. The van der Waals surface area contributed by atoms with Gasteiger partial charge >= 0.3 is 12.1 Å². The van der Waals surface area contributed by atoms with E-state index >= 15 is 0 Å². The van der Waals surface area contributed by atoms with Crippen molar-refractivity contribution in [2.24, 2.45) is 0 Å². The summed E-state index contributed by atoms with van der Waals surface area (Å²) < 4.78 is 40.2. The summed E-state index contributed by atoms with van der Waals surface area (Å²) in [6.07, 6.45) is -3.11. The first-order chi connectivity index (χ1) is 10.4. The molecule has 0 aliphatic carbocycles. The van der Waals surface area contributed by atoms with Crippen LogP contribution in [0.2, 0.25) is 0 Å². The largest absolute Gasteiger partial charge is 0.478 e. The molecule has 0 aliphatic rings. The van der Waals surface area contributed by atoms with Crippen LogP contribution in [0, 0.1) is 0 Å². The smallest absolute Gasteiger partial charge is 0.434 e. The Morgan fingerprint density at radius 1 is 1.18 bits per heavy atom. The Kier molecular flexibility index (Phi) is 3.05. The first-order valence-electron chi connectivity index (χ1n) is 5.99. The fraction of sp³-hybridized carbons (Fsp3) is 0.0769. The van der Waals surface area contributed by atoms with E-state index in [0.29, 0.717) is 21.8 Å². The van der Waals surface area contributed by atoms with Crippen molar-refractivity contribution in [3.05, 3.63) is 47.9 Å². The zero-order valence-electron chi connectivity index (χ0n) is 10.7. The van der Waals surface area contributed by atoms with Gasteiger partial charge in [0, 0.05) is 5.39 Å². The minimum atomic E-state index is -4.88. The Morgan fingerprint density at radius 2 is 1.91 bits per heavy atom. The van der Waals surface area contributed by atoms with Crippen LogP contribution in [0.3, 0.4) is 0 Å². The van der Waals surface area contributed by atoms with E-state index in [2.05, 4.69) is 15.3 Å². The second-order valence-electron chi connectivity index (χ2n) is 4.37. The molecule has 3 aromatic rings. The molecule has 2 aromatic heterocycles. The lowest BCUT2D eigenvalue weighted by Crippen LogP contribution is -2.17. The van der Waals surface area contributed by atoms with E-state index in [1.54, 1.807) is 24.3 Å². The molecule has 9 heteroatoms. The van der Waals surface area contributed by atoms with Crippen molar-refractivity contribution < 1.29 is 23.1 Å². The van der Waals surface area contributed by atoms with E-state index in [1.807, 2.05) is 0 Å². The van der Waals surface area contributed by atoms with Crippen molar-refractivity contribution in [2.45, 2.75) is 6.18 Å². The number of halogens is 3. The summed E-state index contributed by atoms with van der Waals surface area (Å²) in [7, 11) is 0. The highest BCUT2D eigenvalue weighted by Crippen LogP contribution is 2.34. The monoisotopic (exact) mass is 308 g/mol. The lowest BCUT2D eigenvalue weighted by atomic mass is 10.2. The molecule has 112 valence electrons. The van der Waals surface area contributed by atoms with Crippen LogP contribution in [0.1, 0.15) is 16.1 Å². The van der Waals surface area contributed by atoms with Gasteiger partial charge in [0.15, 0.2) is 5.69 Å². The number of carbonyl (C=O) groups is 1. The van der Waals surface area contributed by atoms with Gasteiger partial charge in [-0.1, -0.05) is 18.2 Å². The average molecular weight is 308 g/mol. The zero-order chi connectivity index (χ0) is 15.9. The molecule has 22 heavy (non-hydrogen) atoms. The summed E-state index contributed by atoms with van der Waals surface area (Å²) in [6.45, 7) is 0. The van der Waals surface area contributed by atoms with Crippen molar-refractivity contribution in [1.82, 2.24) is 20.0 Å². The number of hydrogen-bond donors (Lipinski definition) is 1. The maximum atomic E-state index is 13.2. The highest BCUT2D eigenvalue weighted by molar-refractivity contribution is 5.90. The maximum Gasteiger partial charge on any atom is 0.434 e. The Labute approximate surface area is 120 Å². The zero-order valence-corrected chi connectivity index (χ0v) is 10.7. The van der Waals surface area contributed by atoms with Crippen LogP contribution in [0.5, 0.6) is 0 Å². The van der Waals surface area contributed by atoms with Crippen LogP contribution < -0.4 is 0 Å². The van der Waals surface area contributed by atoms with Crippen molar-refractivity contribution in [1.29, 1.82) is 0 Å². The minimum absolute atomic E-state index is 0.00502. The fourth-order valence-corrected chi connectivity index (χ4v) is 2.12. The van der Waals surface area contributed by atoms with Gasteiger partial charge in [0.1, 0.15) is 5.56 Å². The van der Waals surface area contributed by atoms with Gasteiger partial charge in [-0.05, 0) is 6.07 Å². The summed E-state index contributed by atoms with van der Waals surface area (Å²) >= 11 is 0. The van der Waals surface area contributed by atoms with Crippen LogP contribution in [0.15, 0.2) is 36.7 Å². The number of fused-ring (bicyclic) bond motifs is 1. The van der Waals surface area contributed by atoms with E-state index in [4.69, 9.17) is 5.11 Å². The second-order valence-corrected chi connectivity index (χ2v) is 4.37. The normalized spacial score (nSPS) is 11.8. The summed E-state index contributed by atoms with van der Waals surface area (Å²) in [5, 5.41) is 20.3. The molecule has 0 radical (unpaired) electrons.